The van der Waals surface area contributed by atoms with Gasteiger partial charge in [-0.25, -0.2) is 8.42 Å². The summed E-state index contributed by atoms with van der Waals surface area (Å²) in [6, 6.07) is 15.0. The Morgan fingerprint density at radius 3 is 2.03 bits per heavy atom. The lowest BCUT2D eigenvalue weighted by Gasteiger charge is -2.20. The number of nitrogens with one attached hydrogen (secondary N) is 3. The van der Waals surface area contributed by atoms with Crippen LogP contribution in [-0.2, 0) is 31.0 Å². The molecule has 0 aliphatic carbocycles. The summed E-state index contributed by atoms with van der Waals surface area (Å²) in [7, 11) is -3.57. The summed E-state index contributed by atoms with van der Waals surface area (Å²) in [5.74, 6) is -2.29. The molecule has 0 spiro atoms. The number of benzene rings is 2. The topological polar surface area (TPSA) is 125 Å². The lowest BCUT2D eigenvalue weighted by Crippen LogP contribution is -2.42. The number of anilines is 1. The van der Waals surface area contributed by atoms with Gasteiger partial charge in [0, 0.05) is 25.3 Å². The molecule has 10 heteroatoms. The van der Waals surface area contributed by atoms with Gasteiger partial charge in [0.15, 0.2) is 0 Å². The van der Waals surface area contributed by atoms with Crippen molar-refractivity contribution in [1.82, 2.24) is 14.9 Å². The van der Waals surface area contributed by atoms with Crippen molar-refractivity contribution in [3.8, 4) is 0 Å². The first kappa shape index (κ1) is 24.4. The highest BCUT2D eigenvalue weighted by Gasteiger charge is 2.25. The summed E-state index contributed by atoms with van der Waals surface area (Å²) in [4.78, 5) is 36.0. The Bertz CT molecular complexity index is 1060. The monoisotopic (exact) mass is 472 g/mol. The Balaban J connectivity index is 1.46. The normalized spacial score (nSPS) is 14.7. The van der Waals surface area contributed by atoms with E-state index in [0.29, 0.717) is 18.8 Å². The maximum Gasteiger partial charge on any atom is 0.309 e. The minimum atomic E-state index is -3.57. The Morgan fingerprint density at radius 1 is 0.788 bits per heavy atom. The van der Waals surface area contributed by atoms with Crippen LogP contribution in [0.4, 0.5) is 5.69 Å². The number of hydrogen-bond acceptors (Lipinski definition) is 5. The summed E-state index contributed by atoms with van der Waals surface area (Å²) < 4.78 is 27.1. The molecule has 2 aromatic rings. The number of rotatable bonds is 7. The van der Waals surface area contributed by atoms with Crippen molar-refractivity contribution < 1.29 is 22.8 Å². The number of hydrogen-bond donors (Lipinski definition) is 3. The third-order valence-corrected chi connectivity index (χ3v) is 7.17. The Hall–Kier alpha value is -3.24. The maximum absolute atomic E-state index is 12.8. The van der Waals surface area contributed by atoms with Crippen molar-refractivity contribution in [1.29, 1.82) is 0 Å². The van der Waals surface area contributed by atoms with Crippen LogP contribution >= 0.6 is 0 Å². The molecule has 1 fully saturated rings. The lowest BCUT2D eigenvalue weighted by atomic mass is 10.2. The van der Waals surface area contributed by atoms with E-state index in [1.165, 1.54) is 28.6 Å². The predicted molar refractivity (Wildman–Crippen MR) is 124 cm³/mol. The summed E-state index contributed by atoms with van der Waals surface area (Å²) in [5.41, 5.74) is 1.23. The standard InChI is InChI=1S/C23H28N4O5S/c28-21(17-25-23(30)22(29)24-16-18-8-4-3-5-9-18)26-19-10-12-20(13-11-19)33(31,32)27-14-6-1-2-7-15-27/h3-5,8-13H,1-2,6-7,14-17H2,(H,24,29)(H,25,30)(H,26,28). The van der Waals surface area contributed by atoms with Gasteiger partial charge < -0.3 is 16.0 Å². The second kappa shape index (κ2) is 11.6. The van der Waals surface area contributed by atoms with E-state index < -0.39 is 34.3 Å². The summed E-state index contributed by atoms with van der Waals surface area (Å²) >= 11 is 0. The first-order chi connectivity index (χ1) is 15.9. The fourth-order valence-corrected chi connectivity index (χ4v) is 4.96. The van der Waals surface area contributed by atoms with Crippen molar-refractivity contribution in [2.75, 3.05) is 25.0 Å². The third-order valence-electron chi connectivity index (χ3n) is 5.25. The Morgan fingerprint density at radius 2 is 1.39 bits per heavy atom. The number of amides is 3. The molecule has 3 amide bonds. The van der Waals surface area contributed by atoms with Crippen molar-refractivity contribution in [3.63, 3.8) is 0 Å². The van der Waals surface area contributed by atoms with Gasteiger partial charge in [0.05, 0.1) is 11.4 Å². The van der Waals surface area contributed by atoms with Crippen LogP contribution in [0.15, 0.2) is 59.5 Å². The van der Waals surface area contributed by atoms with Gasteiger partial charge in [0.1, 0.15) is 0 Å². The quantitative estimate of drug-likeness (QED) is 0.528. The van der Waals surface area contributed by atoms with Gasteiger partial charge in [-0.1, -0.05) is 43.2 Å². The molecule has 0 aromatic heterocycles. The van der Waals surface area contributed by atoms with Crippen molar-refractivity contribution in [3.05, 3.63) is 60.2 Å². The molecule has 2 aromatic carbocycles. The zero-order valence-electron chi connectivity index (χ0n) is 18.2. The molecule has 176 valence electrons. The molecule has 9 nitrogen and oxygen atoms in total. The molecule has 0 radical (unpaired) electrons. The van der Waals surface area contributed by atoms with Crippen LogP contribution in [0.1, 0.15) is 31.2 Å². The summed E-state index contributed by atoms with van der Waals surface area (Å²) in [5, 5.41) is 7.31. The first-order valence-corrected chi connectivity index (χ1v) is 12.3. The van der Waals surface area contributed by atoms with Crippen LogP contribution in [-0.4, -0.2) is 50.1 Å². The highest BCUT2D eigenvalue weighted by Crippen LogP contribution is 2.21. The fourth-order valence-electron chi connectivity index (χ4n) is 3.45. The molecular formula is C23H28N4O5S. The van der Waals surface area contributed by atoms with E-state index in [-0.39, 0.29) is 11.4 Å². The molecular weight excluding hydrogens is 444 g/mol. The maximum atomic E-state index is 12.8. The van der Waals surface area contributed by atoms with Crippen LogP contribution in [0.5, 0.6) is 0 Å². The second-order valence-electron chi connectivity index (χ2n) is 7.74. The molecule has 1 aliphatic rings. The van der Waals surface area contributed by atoms with Gasteiger partial charge in [0.25, 0.3) is 0 Å². The molecule has 0 bridgehead atoms. The Kier molecular flexibility index (Phi) is 8.56. The van der Waals surface area contributed by atoms with Crippen molar-refractivity contribution in [2.24, 2.45) is 0 Å². The van der Waals surface area contributed by atoms with E-state index in [1.54, 1.807) is 0 Å². The molecule has 0 unspecified atom stereocenters. The van der Waals surface area contributed by atoms with Gasteiger partial charge in [0.2, 0.25) is 15.9 Å². The molecule has 3 N–H and O–H groups in total. The van der Waals surface area contributed by atoms with Crippen LogP contribution in [0.3, 0.4) is 0 Å². The summed E-state index contributed by atoms with van der Waals surface area (Å²) in [6.07, 6.45) is 3.76. The van der Waals surface area contributed by atoms with E-state index in [1.807, 2.05) is 30.3 Å². The van der Waals surface area contributed by atoms with Gasteiger partial charge >= 0.3 is 11.8 Å². The Labute approximate surface area is 193 Å². The number of sulfonamides is 1. The summed E-state index contributed by atoms with van der Waals surface area (Å²) in [6.45, 7) is 0.830. The first-order valence-electron chi connectivity index (χ1n) is 10.9. The van der Waals surface area contributed by atoms with Gasteiger partial charge in [-0.2, -0.15) is 4.31 Å². The highest BCUT2D eigenvalue weighted by atomic mass is 32.2. The highest BCUT2D eigenvalue weighted by molar-refractivity contribution is 7.89. The molecule has 33 heavy (non-hydrogen) atoms. The minimum Gasteiger partial charge on any atom is -0.344 e. The van der Waals surface area contributed by atoms with Crippen LogP contribution in [0.25, 0.3) is 0 Å². The number of carbonyl (C=O) groups is 3. The second-order valence-corrected chi connectivity index (χ2v) is 9.68. The van der Waals surface area contributed by atoms with Gasteiger partial charge in [-0.05, 0) is 42.7 Å². The molecule has 0 atom stereocenters. The van der Waals surface area contributed by atoms with Crippen molar-refractivity contribution >= 4 is 33.4 Å². The van der Waals surface area contributed by atoms with E-state index in [9.17, 15) is 22.8 Å². The van der Waals surface area contributed by atoms with Gasteiger partial charge in [-0.3, -0.25) is 14.4 Å². The SMILES string of the molecule is O=C(CNC(=O)C(=O)NCc1ccccc1)Nc1ccc(S(=O)(=O)N2CCCCCC2)cc1. The molecule has 1 aliphatic heterocycles. The largest absolute Gasteiger partial charge is 0.344 e. The predicted octanol–water partition coefficient (Wildman–Crippen LogP) is 1.62. The molecule has 0 saturated carbocycles. The average molecular weight is 473 g/mol. The fraction of sp³-hybridized carbons (Fsp3) is 0.348. The van der Waals surface area contributed by atoms with Crippen LogP contribution in [0.2, 0.25) is 0 Å². The van der Waals surface area contributed by atoms with E-state index >= 15 is 0 Å². The molecule has 1 saturated heterocycles. The van der Waals surface area contributed by atoms with Crippen LogP contribution in [0, 0.1) is 0 Å². The third kappa shape index (κ3) is 7.13. The zero-order valence-corrected chi connectivity index (χ0v) is 19.1. The van der Waals surface area contributed by atoms with Gasteiger partial charge in [-0.15, -0.1) is 0 Å². The zero-order chi connectivity index (χ0) is 23.7. The smallest absolute Gasteiger partial charge is 0.309 e. The van der Waals surface area contributed by atoms with Crippen molar-refractivity contribution in [2.45, 2.75) is 37.1 Å². The van der Waals surface area contributed by atoms with E-state index in [4.69, 9.17) is 0 Å². The molecule has 1 heterocycles. The molecule has 3 rings (SSSR count). The minimum absolute atomic E-state index is 0.172. The lowest BCUT2D eigenvalue weighted by molar-refractivity contribution is -0.139. The van der Waals surface area contributed by atoms with E-state index in [0.717, 1.165) is 31.2 Å². The number of nitrogens with zero attached hydrogens (tertiary/aromatic N) is 1. The van der Waals surface area contributed by atoms with E-state index in [2.05, 4.69) is 16.0 Å². The average Bonchev–Trinajstić information content (AvgIpc) is 3.12. The number of carbonyl (C=O) groups excluding carboxylic acids is 3. The van der Waals surface area contributed by atoms with Crippen LogP contribution < -0.4 is 16.0 Å².